The number of carbonyl (C=O) groups excluding carboxylic acids is 1. The number of carboxylic acids is 2. The Labute approximate surface area is 110 Å². The van der Waals surface area contributed by atoms with E-state index in [1.54, 1.807) is 6.92 Å². The van der Waals surface area contributed by atoms with Gasteiger partial charge in [0.1, 0.15) is 0 Å². The van der Waals surface area contributed by atoms with E-state index >= 15 is 0 Å². The summed E-state index contributed by atoms with van der Waals surface area (Å²) in [6, 6.07) is 3.51. The van der Waals surface area contributed by atoms with E-state index in [0.717, 1.165) is 6.07 Å². The molecule has 0 saturated carbocycles. The van der Waals surface area contributed by atoms with Crippen molar-refractivity contribution in [3.8, 4) is 0 Å². The Morgan fingerprint density at radius 1 is 1.11 bits per heavy atom. The van der Waals surface area contributed by atoms with Crippen LogP contribution < -0.4 is 5.32 Å². The summed E-state index contributed by atoms with van der Waals surface area (Å²) in [5.74, 6) is -3.01. The number of anilines is 1. The number of carboxylic acid groups (broad SMARTS) is 2. The molecule has 0 aliphatic rings. The van der Waals surface area contributed by atoms with Crippen LogP contribution in [0.1, 0.15) is 41.0 Å². The highest BCUT2D eigenvalue weighted by atomic mass is 16.4. The standard InChI is InChI=1S/C13H15NO5/c1-3-7(2)11(15)14-10-5-8(12(16)17)4-9(6-10)13(18)19/h4-7H,3H2,1-2H3,(H,14,15)(H,16,17)(H,18,19)/t7-/m1/s1. The van der Waals surface area contributed by atoms with Gasteiger partial charge in [0.25, 0.3) is 0 Å². The third kappa shape index (κ3) is 3.80. The molecule has 0 aliphatic carbocycles. The maximum absolute atomic E-state index is 11.7. The van der Waals surface area contributed by atoms with Gasteiger partial charge in [0.15, 0.2) is 0 Å². The molecule has 102 valence electrons. The third-order valence-corrected chi connectivity index (χ3v) is 2.75. The summed E-state index contributed by atoms with van der Waals surface area (Å²) < 4.78 is 0. The van der Waals surface area contributed by atoms with Gasteiger partial charge in [0.05, 0.1) is 11.1 Å². The molecule has 0 radical (unpaired) electrons. The van der Waals surface area contributed by atoms with Crippen molar-refractivity contribution < 1.29 is 24.6 Å². The highest BCUT2D eigenvalue weighted by molar-refractivity contribution is 5.98. The van der Waals surface area contributed by atoms with E-state index in [9.17, 15) is 14.4 Å². The van der Waals surface area contributed by atoms with Crippen LogP contribution in [0, 0.1) is 5.92 Å². The number of rotatable bonds is 5. The Balaban J connectivity index is 3.10. The van der Waals surface area contributed by atoms with E-state index < -0.39 is 11.9 Å². The third-order valence-electron chi connectivity index (χ3n) is 2.75. The minimum absolute atomic E-state index is 0.169. The predicted octanol–water partition coefficient (Wildman–Crippen LogP) is 2.07. The molecule has 6 nitrogen and oxygen atoms in total. The summed E-state index contributed by atoms with van der Waals surface area (Å²) in [5, 5.41) is 20.3. The van der Waals surface area contributed by atoms with Gasteiger partial charge < -0.3 is 15.5 Å². The first kappa shape index (κ1) is 14.7. The van der Waals surface area contributed by atoms with Gasteiger partial charge in [0.2, 0.25) is 5.91 Å². The van der Waals surface area contributed by atoms with Crippen LogP contribution in [0.3, 0.4) is 0 Å². The molecule has 0 unspecified atom stereocenters. The van der Waals surface area contributed by atoms with E-state index in [1.807, 2.05) is 6.92 Å². The van der Waals surface area contributed by atoms with Crippen molar-refractivity contribution in [2.45, 2.75) is 20.3 Å². The SMILES string of the molecule is CC[C@@H](C)C(=O)Nc1cc(C(=O)O)cc(C(=O)O)c1. The monoisotopic (exact) mass is 265 g/mol. The summed E-state index contributed by atoms with van der Waals surface area (Å²) in [6.45, 7) is 3.58. The molecule has 0 fully saturated rings. The van der Waals surface area contributed by atoms with Crippen molar-refractivity contribution in [3.05, 3.63) is 29.3 Å². The fourth-order valence-electron chi connectivity index (χ4n) is 1.40. The van der Waals surface area contributed by atoms with Crippen molar-refractivity contribution >= 4 is 23.5 Å². The van der Waals surface area contributed by atoms with E-state index in [2.05, 4.69) is 5.32 Å². The normalized spacial score (nSPS) is 11.7. The van der Waals surface area contributed by atoms with Crippen molar-refractivity contribution in [1.29, 1.82) is 0 Å². The molecule has 0 aromatic heterocycles. The molecular weight excluding hydrogens is 250 g/mol. The average molecular weight is 265 g/mol. The smallest absolute Gasteiger partial charge is 0.335 e. The molecule has 0 spiro atoms. The summed E-state index contributed by atoms with van der Waals surface area (Å²) in [4.78, 5) is 33.5. The molecular formula is C13H15NO5. The second kappa shape index (κ2) is 5.99. The number of hydrogen-bond donors (Lipinski definition) is 3. The number of amides is 1. The Bertz CT molecular complexity index is 492. The molecule has 3 N–H and O–H groups in total. The topological polar surface area (TPSA) is 104 Å². The van der Waals surface area contributed by atoms with Crippen LogP contribution in [-0.4, -0.2) is 28.1 Å². The van der Waals surface area contributed by atoms with Crippen LogP contribution in [0.5, 0.6) is 0 Å². The van der Waals surface area contributed by atoms with Gasteiger partial charge in [-0.2, -0.15) is 0 Å². The summed E-state index contributed by atoms with van der Waals surface area (Å²) in [5.41, 5.74) is -0.193. The highest BCUT2D eigenvalue weighted by Gasteiger charge is 2.15. The quantitative estimate of drug-likeness (QED) is 0.756. The number of aromatic carboxylic acids is 2. The van der Waals surface area contributed by atoms with Crippen LogP contribution in [0.15, 0.2) is 18.2 Å². The van der Waals surface area contributed by atoms with Crippen molar-refractivity contribution in [2.24, 2.45) is 5.92 Å². The first-order valence-electron chi connectivity index (χ1n) is 5.77. The van der Waals surface area contributed by atoms with Crippen LogP contribution in [0.25, 0.3) is 0 Å². The van der Waals surface area contributed by atoms with Gasteiger partial charge in [-0.1, -0.05) is 13.8 Å². The Morgan fingerprint density at radius 3 is 1.95 bits per heavy atom. The fraction of sp³-hybridized carbons (Fsp3) is 0.308. The zero-order valence-electron chi connectivity index (χ0n) is 10.6. The zero-order valence-corrected chi connectivity index (χ0v) is 10.6. The van der Waals surface area contributed by atoms with Gasteiger partial charge >= 0.3 is 11.9 Å². The predicted molar refractivity (Wildman–Crippen MR) is 68.4 cm³/mol. The fourth-order valence-corrected chi connectivity index (χ4v) is 1.40. The van der Waals surface area contributed by atoms with Crippen LogP contribution in [0.4, 0.5) is 5.69 Å². The Morgan fingerprint density at radius 2 is 1.58 bits per heavy atom. The van der Waals surface area contributed by atoms with Crippen LogP contribution >= 0.6 is 0 Å². The molecule has 0 aliphatic heterocycles. The summed E-state index contributed by atoms with van der Waals surface area (Å²) in [7, 11) is 0. The second-order valence-electron chi connectivity index (χ2n) is 4.21. The molecule has 1 aromatic rings. The van der Waals surface area contributed by atoms with Crippen LogP contribution in [0.2, 0.25) is 0 Å². The van der Waals surface area contributed by atoms with Crippen molar-refractivity contribution in [3.63, 3.8) is 0 Å². The molecule has 0 heterocycles. The lowest BCUT2D eigenvalue weighted by Crippen LogP contribution is -2.20. The molecule has 19 heavy (non-hydrogen) atoms. The number of carbonyl (C=O) groups is 3. The molecule has 1 atom stereocenters. The van der Waals surface area contributed by atoms with Crippen LogP contribution in [-0.2, 0) is 4.79 Å². The van der Waals surface area contributed by atoms with Crippen molar-refractivity contribution in [2.75, 3.05) is 5.32 Å². The molecule has 0 saturated heterocycles. The number of hydrogen-bond acceptors (Lipinski definition) is 3. The van der Waals surface area contributed by atoms with E-state index in [-0.39, 0.29) is 28.6 Å². The number of benzene rings is 1. The van der Waals surface area contributed by atoms with Gasteiger partial charge in [-0.3, -0.25) is 4.79 Å². The van der Waals surface area contributed by atoms with E-state index in [1.165, 1.54) is 12.1 Å². The second-order valence-corrected chi connectivity index (χ2v) is 4.21. The van der Waals surface area contributed by atoms with E-state index in [0.29, 0.717) is 6.42 Å². The minimum Gasteiger partial charge on any atom is -0.478 e. The highest BCUT2D eigenvalue weighted by Crippen LogP contribution is 2.17. The first-order valence-corrected chi connectivity index (χ1v) is 5.77. The molecule has 1 amide bonds. The Hall–Kier alpha value is -2.37. The lowest BCUT2D eigenvalue weighted by atomic mass is 10.1. The van der Waals surface area contributed by atoms with Gasteiger partial charge in [-0.25, -0.2) is 9.59 Å². The zero-order chi connectivity index (χ0) is 14.6. The summed E-state index contributed by atoms with van der Waals surface area (Å²) >= 11 is 0. The maximum Gasteiger partial charge on any atom is 0.335 e. The molecule has 6 heteroatoms. The largest absolute Gasteiger partial charge is 0.478 e. The van der Waals surface area contributed by atoms with Gasteiger partial charge in [-0.05, 0) is 24.6 Å². The molecule has 1 aromatic carbocycles. The summed E-state index contributed by atoms with van der Waals surface area (Å²) in [6.07, 6.45) is 0.635. The van der Waals surface area contributed by atoms with Crippen molar-refractivity contribution in [1.82, 2.24) is 0 Å². The van der Waals surface area contributed by atoms with E-state index in [4.69, 9.17) is 10.2 Å². The molecule has 1 rings (SSSR count). The molecule has 0 bridgehead atoms. The lowest BCUT2D eigenvalue weighted by molar-refractivity contribution is -0.119. The van der Waals surface area contributed by atoms with Gasteiger partial charge in [0, 0.05) is 11.6 Å². The lowest BCUT2D eigenvalue weighted by Gasteiger charge is -2.11. The number of nitrogens with one attached hydrogen (secondary N) is 1. The van der Waals surface area contributed by atoms with Gasteiger partial charge in [-0.15, -0.1) is 0 Å². The Kier molecular flexibility index (Phi) is 4.63. The average Bonchev–Trinajstić information content (AvgIpc) is 2.37. The maximum atomic E-state index is 11.7. The minimum atomic E-state index is -1.25. The first-order chi connectivity index (χ1) is 8.85.